The van der Waals surface area contributed by atoms with Crippen LogP contribution in [0.5, 0.6) is 0 Å². The molecule has 2 rings (SSSR count). The number of carboxylic acid groups (broad SMARTS) is 4. The van der Waals surface area contributed by atoms with Crippen molar-refractivity contribution < 1.29 is 117 Å². The average molecular weight is 677 g/mol. The van der Waals surface area contributed by atoms with E-state index in [9.17, 15) is 65.5 Å². The normalized spacial score (nSPS) is 10.1. The van der Waals surface area contributed by atoms with Crippen molar-refractivity contribution in [3.8, 4) is 0 Å². The zero-order valence-corrected chi connectivity index (χ0v) is 20.4. The maximum atomic E-state index is 10.7. The standard InChI is InChI=1S/2C8H6O7S.3Cu/c2*9-7(10)4-2-1-3-5(16(13,14)15)6(4)8(11)12;;;/h2*1-3H,(H,9,10)(H,11,12)(H,13,14,15);;;/q;;3*+2/p-6. The molecule has 0 fully saturated rings. The summed E-state index contributed by atoms with van der Waals surface area (Å²) in [5.41, 5.74) is -4.23. The van der Waals surface area contributed by atoms with Crippen LogP contribution in [0, 0.1) is 0 Å². The molecular weight excluding hydrogens is 671 g/mol. The number of carbonyl (C=O) groups excluding carboxylic acids is 4. The molecule has 2 aromatic rings. The molecule has 0 saturated heterocycles. The van der Waals surface area contributed by atoms with E-state index in [1.54, 1.807) is 0 Å². The van der Waals surface area contributed by atoms with Gasteiger partial charge in [-0.15, -0.1) is 0 Å². The zero-order chi connectivity index (χ0) is 25.0. The van der Waals surface area contributed by atoms with E-state index in [2.05, 4.69) is 0 Å². The number of aromatic carboxylic acids is 4. The first-order valence-electron chi connectivity index (χ1n) is 7.53. The summed E-state index contributed by atoms with van der Waals surface area (Å²) in [6.07, 6.45) is 0. The first kappa shape index (κ1) is 37.3. The van der Waals surface area contributed by atoms with E-state index < -0.39 is 76.2 Å². The van der Waals surface area contributed by atoms with Gasteiger partial charge in [-0.2, -0.15) is 0 Å². The molecular formula is C16H6Cu3O14S2. The molecule has 0 N–H and O–H groups in total. The van der Waals surface area contributed by atoms with Gasteiger partial charge in [0.25, 0.3) is 0 Å². The number of carbonyl (C=O) groups is 4. The molecule has 0 spiro atoms. The fraction of sp³-hybridized carbons (Fsp3) is 0. The molecule has 35 heavy (non-hydrogen) atoms. The second-order valence-electron chi connectivity index (χ2n) is 5.42. The second kappa shape index (κ2) is 14.3. The van der Waals surface area contributed by atoms with Gasteiger partial charge in [0.1, 0.15) is 20.2 Å². The van der Waals surface area contributed by atoms with Crippen molar-refractivity contribution in [2.45, 2.75) is 9.79 Å². The molecule has 0 heterocycles. The third kappa shape index (κ3) is 9.70. The largest absolute Gasteiger partial charge is 2.00 e. The van der Waals surface area contributed by atoms with Crippen LogP contribution in [0.15, 0.2) is 46.2 Å². The van der Waals surface area contributed by atoms with Crippen molar-refractivity contribution in [3.05, 3.63) is 58.7 Å². The summed E-state index contributed by atoms with van der Waals surface area (Å²) in [6.45, 7) is 0. The Hall–Kier alpha value is -2.30. The van der Waals surface area contributed by atoms with Gasteiger partial charge in [-0.3, -0.25) is 0 Å². The minimum absolute atomic E-state index is 0. The first-order chi connectivity index (χ1) is 14.5. The summed E-state index contributed by atoms with van der Waals surface area (Å²) < 4.78 is 64.0. The Morgan fingerprint density at radius 1 is 0.514 bits per heavy atom. The predicted molar refractivity (Wildman–Crippen MR) is 86.1 cm³/mol. The number of benzene rings is 2. The molecule has 0 aromatic heterocycles. The van der Waals surface area contributed by atoms with Crippen molar-refractivity contribution in [2.75, 3.05) is 0 Å². The molecule has 0 atom stereocenters. The maximum absolute atomic E-state index is 10.7. The topological polar surface area (TPSA) is 275 Å². The van der Waals surface area contributed by atoms with Gasteiger partial charge in [0.15, 0.2) is 0 Å². The molecule has 2 aromatic carbocycles. The van der Waals surface area contributed by atoms with Gasteiger partial charge in [-0.05, 0) is 12.1 Å². The van der Waals surface area contributed by atoms with E-state index in [1.165, 1.54) is 0 Å². The van der Waals surface area contributed by atoms with Crippen LogP contribution in [-0.4, -0.2) is 49.8 Å². The van der Waals surface area contributed by atoms with Crippen LogP contribution in [0.1, 0.15) is 41.4 Å². The molecule has 0 aliphatic heterocycles. The number of hydrogen-bond donors (Lipinski definition) is 0. The van der Waals surface area contributed by atoms with Gasteiger partial charge >= 0.3 is 51.2 Å². The Labute approximate surface area is 228 Å². The van der Waals surface area contributed by atoms with Gasteiger partial charge in [0.05, 0.1) is 33.7 Å². The zero-order valence-electron chi connectivity index (χ0n) is 15.9. The van der Waals surface area contributed by atoms with Crippen LogP contribution in [0.25, 0.3) is 0 Å². The fourth-order valence-electron chi connectivity index (χ4n) is 2.24. The minimum Gasteiger partial charge on any atom is -0.744 e. The second-order valence-corrected chi connectivity index (χ2v) is 8.11. The van der Waals surface area contributed by atoms with Crippen LogP contribution in [0.2, 0.25) is 0 Å². The SMILES string of the molecule is O=C([O-])c1cccc(S(=O)(=O)[O-])c1C(=O)[O-].O=C([O-])c1cccc(S(=O)(=O)[O-])c1C(=O)[O-].[Cu+2].[Cu+2].[Cu+2]. The quantitative estimate of drug-likeness (QED) is 0.204. The van der Waals surface area contributed by atoms with Gasteiger partial charge in [-0.25, -0.2) is 16.8 Å². The van der Waals surface area contributed by atoms with Crippen molar-refractivity contribution in [2.24, 2.45) is 0 Å². The van der Waals surface area contributed by atoms with Gasteiger partial charge in [0, 0.05) is 22.3 Å². The monoisotopic (exact) mass is 675 g/mol. The molecule has 0 amide bonds. The smallest absolute Gasteiger partial charge is 0.744 e. The third-order valence-corrected chi connectivity index (χ3v) is 5.20. The van der Waals surface area contributed by atoms with E-state index in [-0.39, 0.29) is 51.2 Å². The van der Waals surface area contributed by atoms with Crippen LogP contribution < -0.4 is 20.4 Å². The minimum atomic E-state index is -5.10. The van der Waals surface area contributed by atoms with Gasteiger partial charge in [0.2, 0.25) is 0 Å². The molecule has 199 valence electrons. The van der Waals surface area contributed by atoms with Crippen LogP contribution in [0.4, 0.5) is 0 Å². The van der Waals surface area contributed by atoms with E-state index in [4.69, 9.17) is 0 Å². The summed E-state index contributed by atoms with van der Waals surface area (Å²) in [7, 11) is -10.2. The Kier molecular flexibility index (Phi) is 15.2. The molecule has 0 aliphatic carbocycles. The van der Waals surface area contributed by atoms with Crippen molar-refractivity contribution in [1.29, 1.82) is 0 Å². The summed E-state index contributed by atoms with van der Waals surface area (Å²) in [4.78, 5) is 39.9. The molecule has 0 aliphatic rings. The first-order valence-corrected chi connectivity index (χ1v) is 10.3. The summed E-state index contributed by atoms with van der Waals surface area (Å²) in [5, 5.41) is 42.2. The Morgan fingerprint density at radius 2 is 0.771 bits per heavy atom. The van der Waals surface area contributed by atoms with E-state index >= 15 is 0 Å². The summed E-state index contributed by atoms with van der Waals surface area (Å²) in [6, 6.07) is 4.80. The van der Waals surface area contributed by atoms with E-state index in [0.717, 1.165) is 24.3 Å². The van der Waals surface area contributed by atoms with Crippen LogP contribution >= 0.6 is 0 Å². The Bertz CT molecular complexity index is 1230. The van der Waals surface area contributed by atoms with Crippen LogP contribution in [-0.2, 0) is 71.4 Å². The Balaban J connectivity index is -0.000000539. The number of hydrogen-bond acceptors (Lipinski definition) is 14. The van der Waals surface area contributed by atoms with E-state index in [0.29, 0.717) is 12.1 Å². The maximum Gasteiger partial charge on any atom is 2.00 e. The van der Waals surface area contributed by atoms with Crippen molar-refractivity contribution in [1.82, 2.24) is 0 Å². The van der Waals surface area contributed by atoms with Crippen molar-refractivity contribution in [3.63, 3.8) is 0 Å². The molecule has 0 saturated carbocycles. The number of carboxylic acids is 4. The molecule has 0 unspecified atom stereocenters. The van der Waals surface area contributed by atoms with Crippen molar-refractivity contribution >= 4 is 44.1 Å². The summed E-state index contributed by atoms with van der Waals surface area (Å²) >= 11 is 0. The fourth-order valence-corrected chi connectivity index (χ4v) is 3.62. The molecule has 19 heteroatoms. The van der Waals surface area contributed by atoms with Gasteiger partial charge in [-0.1, -0.05) is 24.3 Å². The predicted octanol–water partition coefficient (Wildman–Crippen LogP) is -5.37. The molecule has 3 radical (unpaired) electrons. The average Bonchev–Trinajstić information content (AvgIpc) is 2.65. The molecule has 14 nitrogen and oxygen atoms in total. The summed E-state index contributed by atoms with van der Waals surface area (Å²) in [5.74, 6) is -7.97. The van der Waals surface area contributed by atoms with Gasteiger partial charge < -0.3 is 48.7 Å². The molecule has 0 bridgehead atoms. The van der Waals surface area contributed by atoms with Crippen LogP contribution in [0.3, 0.4) is 0 Å². The Morgan fingerprint density at radius 3 is 0.943 bits per heavy atom. The number of rotatable bonds is 6. The third-order valence-electron chi connectivity index (χ3n) is 3.44. The van der Waals surface area contributed by atoms with E-state index in [1.807, 2.05) is 0 Å².